The van der Waals surface area contributed by atoms with Gasteiger partial charge in [-0.25, -0.2) is 0 Å². The lowest BCUT2D eigenvalue weighted by Gasteiger charge is -2.13. The second kappa shape index (κ2) is 7.84. The quantitative estimate of drug-likeness (QED) is 0.325. The highest BCUT2D eigenvalue weighted by atomic mass is 35.5. The van der Waals surface area contributed by atoms with Crippen LogP contribution in [0.5, 0.6) is 0 Å². The first kappa shape index (κ1) is 18.2. The van der Waals surface area contributed by atoms with Crippen LogP contribution in [-0.2, 0) is 6.42 Å². The monoisotopic (exact) mass is 381 g/mol. The SMILES string of the molecule is Cl.c1ccc(Cc2nc3ccccc3cc2-c2cccc3ccccc23)cc1. The van der Waals surface area contributed by atoms with Gasteiger partial charge in [0.05, 0.1) is 11.2 Å². The third-order valence-electron chi connectivity index (χ3n) is 5.10. The Kier molecular flexibility index (Phi) is 5.10. The molecule has 5 rings (SSSR count). The summed E-state index contributed by atoms with van der Waals surface area (Å²) in [6, 6.07) is 36.3. The molecule has 0 aliphatic rings. The van der Waals surface area contributed by atoms with Crippen LogP contribution in [0.3, 0.4) is 0 Å². The molecule has 1 heterocycles. The Morgan fingerprint density at radius 2 is 1.25 bits per heavy atom. The molecule has 1 aromatic heterocycles. The van der Waals surface area contributed by atoms with Gasteiger partial charge in [-0.2, -0.15) is 0 Å². The van der Waals surface area contributed by atoms with Gasteiger partial charge >= 0.3 is 0 Å². The molecular weight excluding hydrogens is 362 g/mol. The van der Waals surface area contributed by atoms with Crippen molar-refractivity contribution in [1.82, 2.24) is 4.98 Å². The van der Waals surface area contributed by atoms with E-state index in [0.717, 1.165) is 17.6 Å². The topological polar surface area (TPSA) is 12.9 Å². The molecular formula is C26H20ClN. The van der Waals surface area contributed by atoms with E-state index < -0.39 is 0 Å². The number of benzene rings is 4. The van der Waals surface area contributed by atoms with E-state index in [1.807, 2.05) is 0 Å². The average Bonchev–Trinajstić information content (AvgIpc) is 2.74. The molecule has 4 aromatic carbocycles. The van der Waals surface area contributed by atoms with Crippen molar-refractivity contribution >= 4 is 34.1 Å². The zero-order chi connectivity index (χ0) is 18.1. The van der Waals surface area contributed by atoms with Crippen LogP contribution in [0.25, 0.3) is 32.8 Å². The highest BCUT2D eigenvalue weighted by Gasteiger charge is 2.12. The number of pyridine rings is 1. The van der Waals surface area contributed by atoms with Crippen molar-refractivity contribution in [2.24, 2.45) is 0 Å². The summed E-state index contributed by atoms with van der Waals surface area (Å²) in [4.78, 5) is 5.05. The lowest BCUT2D eigenvalue weighted by Crippen LogP contribution is -1.98. The van der Waals surface area contributed by atoms with E-state index in [0.29, 0.717) is 0 Å². The van der Waals surface area contributed by atoms with E-state index in [1.54, 1.807) is 0 Å². The molecule has 0 saturated carbocycles. The summed E-state index contributed by atoms with van der Waals surface area (Å²) in [5.74, 6) is 0. The van der Waals surface area contributed by atoms with E-state index in [1.165, 1.54) is 32.8 Å². The minimum Gasteiger partial charge on any atom is -0.252 e. The first-order valence-electron chi connectivity index (χ1n) is 9.29. The largest absolute Gasteiger partial charge is 0.252 e. The van der Waals surface area contributed by atoms with Gasteiger partial charge in [-0.1, -0.05) is 91.0 Å². The molecule has 0 radical (unpaired) electrons. The predicted molar refractivity (Wildman–Crippen MR) is 121 cm³/mol. The molecule has 0 spiro atoms. The van der Waals surface area contributed by atoms with Crippen LogP contribution < -0.4 is 0 Å². The summed E-state index contributed by atoms with van der Waals surface area (Å²) in [6.07, 6.45) is 0.824. The average molecular weight is 382 g/mol. The van der Waals surface area contributed by atoms with Gasteiger partial charge < -0.3 is 0 Å². The van der Waals surface area contributed by atoms with Crippen LogP contribution in [0.15, 0.2) is 103 Å². The zero-order valence-electron chi connectivity index (χ0n) is 15.4. The maximum absolute atomic E-state index is 5.05. The minimum atomic E-state index is 0. The van der Waals surface area contributed by atoms with Gasteiger partial charge in [-0.05, 0) is 34.0 Å². The number of rotatable bonds is 3. The molecule has 5 aromatic rings. The number of halogens is 1. The second-order valence-electron chi connectivity index (χ2n) is 6.86. The van der Waals surface area contributed by atoms with Crippen LogP contribution in [-0.4, -0.2) is 4.98 Å². The summed E-state index contributed by atoms with van der Waals surface area (Å²) < 4.78 is 0. The van der Waals surface area contributed by atoms with Gasteiger partial charge in [0, 0.05) is 17.4 Å². The van der Waals surface area contributed by atoms with E-state index in [4.69, 9.17) is 4.98 Å². The van der Waals surface area contributed by atoms with Crippen LogP contribution in [0.4, 0.5) is 0 Å². The van der Waals surface area contributed by atoms with Crippen LogP contribution in [0, 0.1) is 0 Å². The van der Waals surface area contributed by atoms with Crippen molar-refractivity contribution in [3.63, 3.8) is 0 Å². The van der Waals surface area contributed by atoms with Crippen molar-refractivity contribution in [2.45, 2.75) is 6.42 Å². The van der Waals surface area contributed by atoms with E-state index in [-0.39, 0.29) is 12.4 Å². The van der Waals surface area contributed by atoms with Crippen LogP contribution in [0.2, 0.25) is 0 Å². The molecule has 0 aliphatic carbocycles. The normalized spacial score (nSPS) is 10.7. The first-order valence-corrected chi connectivity index (χ1v) is 9.29. The molecule has 0 aliphatic heterocycles. The summed E-state index contributed by atoms with van der Waals surface area (Å²) in [5.41, 5.74) is 5.91. The third-order valence-corrected chi connectivity index (χ3v) is 5.10. The predicted octanol–water partition coefficient (Wildman–Crippen LogP) is 7.07. The molecule has 28 heavy (non-hydrogen) atoms. The minimum absolute atomic E-state index is 0. The molecule has 0 unspecified atom stereocenters. The Balaban J connectivity index is 0.00000192. The fourth-order valence-corrected chi connectivity index (χ4v) is 3.77. The van der Waals surface area contributed by atoms with Gasteiger partial charge in [0.25, 0.3) is 0 Å². The highest BCUT2D eigenvalue weighted by Crippen LogP contribution is 2.33. The number of fused-ring (bicyclic) bond motifs is 2. The van der Waals surface area contributed by atoms with Crippen molar-refractivity contribution in [3.05, 3.63) is 114 Å². The van der Waals surface area contributed by atoms with Crippen LogP contribution >= 0.6 is 12.4 Å². The lowest BCUT2D eigenvalue weighted by atomic mass is 9.93. The van der Waals surface area contributed by atoms with Crippen molar-refractivity contribution in [2.75, 3.05) is 0 Å². The summed E-state index contributed by atoms with van der Waals surface area (Å²) in [5, 5.41) is 3.71. The van der Waals surface area contributed by atoms with Crippen molar-refractivity contribution in [1.29, 1.82) is 0 Å². The van der Waals surface area contributed by atoms with Gasteiger partial charge in [0.1, 0.15) is 0 Å². The summed E-state index contributed by atoms with van der Waals surface area (Å²) in [7, 11) is 0. The van der Waals surface area contributed by atoms with Gasteiger partial charge in [-0.15, -0.1) is 12.4 Å². The number of hydrogen-bond donors (Lipinski definition) is 0. The molecule has 0 amide bonds. The first-order chi connectivity index (χ1) is 13.4. The highest BCUT2D eigenvalue weighted by molar-refractivity contribution is 5.99. The number of para-hydroxylation sites is 1. The summed E-state index contributed by atoms with van der Waals surface area (Å²) in [6.45, 7) is 0. The van der Waals surface area contributed by atoms with Gasteiger partial charge in [0.2, 0.25) is 0 Å². The number of hydrogen-bond acceptors (Lipinski definition) is 1. The Hall–Kier alpha value is -3.16. The fourth-order valence-electron chi connectivity index (χ4n) is 3.77. The van der Waals surface area contributed by atoms with Gasteiger partial charge in [-0.3, -0.25) is 4.98 Å². The van der Waals surface area contributed by atoms with E-state index in [2.05, 4.69) is 103 Å². The van der Waals surface area contributed by atoms with E-state index in [9.17, 15) is 0 Å². The molecule has 0 saturated heterocycles. The Morgan fingerprint density at radius 3 is 2.11 bits per heavy atom. The molecule has 136 valence electrons. The Bertz CT molecular complexity index is 1240. The molecule has 2 heteroatoms. The zero-order valence-corrected chi connectivity index (χ0v) is 16.2. The maximum atomic E-state index is 5.05. The fraction of sp³-hybridized carbons (Fsp3) is 0.0385. The molecule has 0 fully saturated rings. The second-order valence-corrected chi connectivity index (χ2v) is 6.86. The maximum Gasteiger partial charge on any atom is 0.0705 e. The molecule has 0 bridgehead atoms. The lowest BCUT2D eigenvalue weighted by molar-refractivity contribution is 1.10. The number of nitrogens with zero attached hydrogens (tertiary/aromatic N) is 1. The third kappa shape index (κ3) is 3.37. The van der Waals surface area contributed by atoms with Crippen LogP contribution in [0.1, 0.15) is 11.3 Å². The summed E-state index contributed by atoms with van der Waals surface area (Å²) >= 11 is 0. The van der Waals surface area contributed by atoms with Gasteiger partial charge in [0.15, 0.2) is 0 Å². The smallest absolute Gasteiger partial charge is 0.0705 e. The molecule has 0 atom stereocenters. The van der Waals surface area contributed by atoms with E-state index >= 15 is 0 Å². The molecule has 1 nitrogen and oxygen atoms in total. The number of aromatic nitrogens is 1. The Labute approximate surface area is 171 Å². The standard InChI is InChI=1S/C26H19N.ClH/c1-2-9-19(10-3-1)17-26-24(18-21-12-5-7-16-25(21)27-26)23-15-8-13-20-11-4-6-14-22(20)23;/h1-16,18H,17H2;1H. The Morgan fingerprint density at radius 1 is 0.571 bits per heavy atom. The molecule has 0 N–H and O–H groups in total. The van der Waals surface area contributed by atoms with Crippen molar-refractivity contribution < 1.29 is 0 Å². The van der Waals surface area contributed by atoms with Crippen molar-refractivity contribution in [3.8, 4) is 11.1 Å².